The normalized spacial score (nSPS) is 23.3. The van der Waals surface area contributed by atoms with Crippen molar-refractivity contribution >= 4 is 10.0 Å². The zero-order valence-electron chi connectivity index (χ0n) is 16.0. The van der Waals surface area contributed by atoms with Gasteiger partial charge in [0.25, 0.3) is 0 Å². The molecule has 0 unspecified atom stereocenters. The van der Waals surface area contributed by atoms with E-state index in [9.17, 15) is 18.6 Å². The molecule has 0 radical (unpaired) electrons. The maximum absolute atomic E-state index is 12.5. The number of unbranched alkanes of at least 4 members (excludes halogenated alkanes) is 5. The van der Waals surface area contributed by atoms with Gasteiger partial charge in [0.15, 0.2) is 5.79 Å². The van der Waals surface area contributed by atoms with E-state index in [2.05, 4.69) is 6.92 Å². The maximum Gasteiger partial charge on any atom is 0.214 e. The summed E-state index contributed by atoms with van der Waals surface area (Å²) in [6.07, 6.45) is 7.34. The van der Waals surface area contributed by atoms with Gasteiger partial charge < -0.3 is 19.7 Å². The van der Waals surface area contributed by atoms with Gasteiger partial charge in [0.2, 0.25) is 10.0 Å². The Morgan fingerprint density at radius 1 is 0.923 bits per heavy atom. The van der Waals surface area contributed by atoms with Gasteiger partial charge in [-0.05, 0) is 6.42 Å². The van der Waals surface area contributed by atoms with Crippen molar-refractivity contribution in [2.45, 2.75) is 64.1 Å². The molecule has 0 aromatic heterocycles. The highest BCUT2D eigenvalue weighted by Gasteiger charge is 2.47. The molecule has 0 atom stereocenters. The van der Waals surface area contributed by atoms with E-state index < -0.39 is 21.2 Å². The quantitative estimate of drug-likeness (QED) is 0.546. The summed E-state index contributed by atoms with van der Waals surface area (Å²) in [4.78, 5) is 0. The summed E-state index contributed by atoms with van der Waals surface area (Å²) in [7, 11) is -3.22. The van der Waals surface area contributed by atoms with Gasteiger partial charge in [-0.2, -0.15) is 0 Å². The maximum atomic E-state index is 12.5. The largest absolute Gasteiger partial charge is 0.396 e. The summed E-state index contributed by atoms with van der Waals surface area (Å²) in [5, 5.41) is 18.8. The fourth-order valence-corrected chi connectivity index (χ4v) is 5.04. The summed E-state index contributed by atoms with van der Waals surface area (Å²) in [6.45, 7) is 3.01. The van der Waals surface area contributed by atoms with Gasteiger partial charge in [-0.25, -0.2) is 12.7 Å². The Hall–Kier alpha value is -0.250. The first-order chi connectivity index (χ1) is 12.4. The van der Waals surface area contributed by atoms with Gasteiger partial charge in [0, 0.05) is 25.9 Å². The molecule has 0 bridgehead atoms. The average Bonchev–Trinajstić information content (AvgIpc) is 2.66. The van der Waals surface area contributed by atoms with Crippen LogP contribution in [0.3, 0.4) is 0 Å². The van der Waals surface area contributed by atoms with E-state index in [0.29, 0.717) is 25.9 Å². The van der Waals surface area contributed by atoms with Gasteiger partial charge in [-0.1, -0.05) is 39.0 Å². The van der Waals surface area contributed by atoms with Crippen LogP contribution in [0.1, 0.15) is 58.3 Å². The Balaban J connectivity index is 1.75. The molecule has 0 saturated carbocycles. The molecule has 0 amide bonds. The minimum Gasteiger partial charge on any atom is -0.396 e. The molecule has 2 N–H and O–H groups in total. The fourth-order valence-electron chi connectivity index (χ4n) is 3.47. The second-order valence-electron chi connectivity index (χ2n) is 7.79. The van der Waals surface area contributed by atoms with E-state index in [1.54, 1.807) is 4.31 Å². The molecule has 0 aliphatic carbocycles. The van der Waals surface area contributed by atoms with Crippen molar-refractivity contribution in [3.8, 4) is 0 Å². The molecule has 0 aromatic carbocycles. The molecule has 0 aromatic rings. The Morgan fingerprint density at radius 3 is 2.00 bits per heavy atom. The third-order valence-electron chi connectivity index (χ3n) is 5.59. The highest BCUT2D eigenvalue weighted by atomic mass is 32.2. The number of sulfonamides is 1. The topological polar surface area (TPSA) is 96.3 Å². The van der Waals surface area contributed by atoms with Gasteiger partial charge in [0.05, 0.1) is 37.6 Å². The van der Waals surface area contributed by atoms with Crippen LogP contribution in [-0.2, 0) is 19.5 Å². The minimum atomic E-state index is -3.22. The lowest BCUT2D eigenvalue weighted by Crippen LogP contribution is -2.57. The van der Waals surface area contributed by atoms with E-state index in [1.807, 2.05) is 0 Å². The van der Waals surface area contributed by atoms with Crippen LogP contribution in [0.25, 0.3) is 0 Å². The van der Waals surface area contributed by atoms with Crippen LogP contribution in [0, 0.1) is 5.41 Å². The highest BCUT2D eigenvalue weighted by molar-refractivity contribution is 7.89. The smallest absolute Gasteiger partial charge is 0.214 e. The number of rotatable bonds is 10. The van der Waals surface area contributed by atoms with Gasteiger partial charge in [-0.3, -0.25) is 0 Å². The van der Waals surface area contributed by atoms with Crippen LogP contribution in [0.2, 0.25) is 0 Å². The summed E-state index contributed by atoms with van der Waals surface area (Å²) < 4.78 is 38.3. The van der Waals surface area contributed by atoms with Crippen LogP contribution in [-0.4, -0.2) is 74.0 Å². The lowest BCUT2D eigenvalue weighted by molar-refractivity contribution is -0.322. The van der Waals surface area contributed by atoms with Gasteiger partial charge in [-0.15, -0.1) is 0 Å². The van der Waals surface area contributed by atoms with Gasteiger partial charge in [0.1, 0.15) is 0 Å². The van der Waals surface area contributed by atoms with Crippen molar-refractivity contribution in [3.63, 3.8) is 0 Å². The molecule has 154 valence electrons. The van der Waals surface area contributed by atoms with Crippen LogP contribution < -0.4 is 0 Å². The Labute approximate surface area is 157 Å². The third-order valence-corrected chi connectivity index (χ3v) is 7.54. The molecule has 26 heavy (non-hydrogen) atoms. The number of hydrogen-bond donors (Lipinski definition) is 2. The number of ether oxygens (including phenoxy) is 2. The highest BCUT2D eigenvalue weighted by Crippen LogP contribution is 2.37. The van der Waals surface area contributed by atoms with Crippen LogP contribution in [0.15, 0.2) is 0 Å². The monoisotopic (exact) mass is 393 g/mol. The lowest BCUT2D eigenvalue weighted by Gasteiger charge is -2.48. The number of hydrogen-bond acceptors (Lipinski definition) is 6. The van der Waals surface area contributed by atoms with Crippen molar-refractivity contribution in [2.24, 2.45) is 5.41 Å². The first-order valence-corrected chi connectivity index (χ1v) is 11.5. The first kappa shape index (κ1) is 22.0. The van der Waals surface area contributed by atoms with E-state index in [4.69, 9.17) is 9.47 Å². The van der Waals surface area contributed by atoms with Crippen molar-refractivity contribution in [3.05, 3.63) is 0 Å². The Bertz CT molecular complexity index is 500. The van der Waals surface area contributed by atoms with E-state index in [-0.39, 0.29) is 32.2 Å². The zero-order valence-corrected chi connectivity index (χ0v) is 16.8. The number of aliphatic hydroxyl groups excluding tert-OH is 2. The van der Waals surface area contributed by atoms with Crippen molar-refractivity contribution < 1.29 is 28.1 Å². The molecule has 2 aliphatic rings. The summed E-state index contributed by atoms with van der Waals surface area (Å²) in [5.41, 5.74) is -0.758. The predicted molar refractivity (Wildman–Crippen MR) is 99.2 cm³/mol. The number of aliphatic hydroxyl groups is 2. The molecule has 2 saturated heterocycles. The lowest BCUT2D eigenvalue weighted by atomic mass is 9.90. The van der Waals surface area contributed by atoms with Crippen LogP contribution in [0.5, 0.6) is 0 Å². The Kier molecular flexibility index (Phi) is 8.31. The Morgan fingerprint density at radius 2 is 1.46 bits per heavy atom. The number of piperidine rings is 1. The second kappa shape index (κ2) is 9.80. The molecule has 2 heterocycles. The SMILES string of the molecule is CCCCCCCCS(=O)(=O)N1CCC2(CC1)OCC(CO)(CO)CO2. The van der Waals surface area contributed by atoms with Crippen LogP contribution >= 0.6 is 0 Å². The molecule has 2 rings (SSSR count). The minimum absolute atomic E-state index is 0.196. The summed E-state index contributed by atoms with van der Waals surface area (Å²) >= 11 is 0. The average molecular weight is 394 g/mol. The van der Waals surface area contributed by atoms with Crippen LogP contribution in [0.4, 0.5) is 0 Å². The first-order valence-electron chi connectivity index (χ1n) is 9.88. The predicted octanol–water partition coefficient (Wildman–Crippen LogP) is 1.49. The molecular formula is C18H35NO6S. The molecule has 2 fully saturated rings. The van der Waals surface area contributed by atoms with Crippen molar-refractivity contribution in [2.75, 3.05) is 45.3 Å². The van der Waals surface area contributed by atoms with E-state index in [1.165, 1.54) is 19.3 Å². The van der Waals surface area contributed by atoms with Crippen molar-refractivity contribution in [1.29, 1.82) is 0 Å². The van der Waals surface area contributed by atoms with Gasteiger partial charge >= 0.3 is 0 Å². The molecule has 7 nitrogen and oxygen atoms in total. The summed E-state index contributed by atoms with van der Waals surface area (Å²) in [6, 6.07) is 0. The summed E-state index contributed by atoms with van der Waals surface area (Å²) in [5.74, 6) is -0.564. The molecule has 1 spiro atoms. The zero-order chi connectivity index (χ0) is 19.1. The third kappa shape index (κ3) is 5.62. The van der Waals surface area contributed by atoms with E-state index >= 15 is 0 Å². The molecular weight excluding hydrogens is 358 g/mol. The second-order valence-corrected chi connectivity index (χ2v) is 9.88. The van der Waals surface area contributed by atoms with E-state index in [0.717, 1.165) is 19.3 Å². The number of nitrogens with zero attached hydrogens (tertiary/aromatic N) is 1. The molecule has 8 heteroatoms. The standard InChI is InChI=1S/C18H35NO6S/c1-2-3-4-5-6-7-12-26(22,23)19-10-8-18(9-11-19)24-15-17(13-20,14-21)16-25-18/h20-21H,2-16H2,1H3. The van der Waals surface area contributed by atoms with Crippen molar-refractivity contribution in [1.82, 2.24) is 4.31 Å². The molecule has 2 aliphatic heterocycles. The fraction of sp³-hybridized carbons (Fsp3) is 1.00.